The van der Waals surface area contributed by atoms with E-state index in [4.69, 9.17) is 9.47 Å². The fourth-order valence-electron chi connectivity index (χ4n) is 4.67. The van der Waals surface area contributed by atoms with Gasteiger partial charge in [-0.1, -0.05) is 42.5 Å². The SMILES string of the molecule is COC(=O)C[C@]1(c2ccc(F)cc2)CCN([C@@H](C)c2ccc(C3=CCCN(C)C3=O)cc2)C(=O)O1. The van der Waals surface area contributed by atoms with E-state index in [2.05, 4.69) is 0 Å². The van der Waals surface area contributed by atoms with Gasteiger partial charge < -0.3 is 19.3 Å². The number of rotatable bonds is 6. The zero-order valence-corrected chi connectivity index (χ0v) is 20.1. The summed E-state index contributed by atoms with van der Waals surface area (Å²) in [6.07, 6.45) is 2.40. The van der Waals surface area contributed by atoms with Crippen LogP contribution in [0.1, 0.15) is 48.9 Å². The molecule has 0 N–H and O–H groups in total. The van der Waals surface area contributed by atoms with Gasteiger partial charge in [-0.2, -0.15) is 0 Å². The summed E-state index contributed by atoms with van der Waals surface area (Å²) in [5.41, 5.74) is 1.74. The monoisotopic (exact) mass is 480 g/mol. The number of esters is 1. The molecule has 0 aliphatic carbocycles. The molecule has 8 heteroatoms. The van der Waals surface area contributed by atoms with Crippen LogP contribution in [-0.2, 0) is 24.7 Å². The molecule has 0 unspecified atom stereocenters. The molecule has 2 aliphatic rings. The summed E-state index contributed by atoms with van der Waals surface area (Å²) in [6.45, 7) is 2.95. The average Bonchev–Trinajstić information content (AvgIpc) is 2.86. The van der Waals surface area contributed by atoms with Crippen molar-refractivity contribution < 1.29 is 28.2 Å². The van der Waals surface area contributed by atoms with Crippen molar-refractivity contribution in [3.8, 4) is 0 Å². The van der Waals surface area contributed by atoms with Gasteiger partial charge in [0, 0.05) is 32.1 Å². The molecule has 1 fully saturated rings. The Balaban J connectivity index is 1.52. The molecule has 4 rings (SSSR count). The Morgan fingerprint density at radius 1 is 1.11 bits per heavy atom. The number of methoxy groups -OCH3 is 1. The Morgan fingerprint density at radius 3 is 2.43 bits per heavy atom. The number of likely N-dealkylation sites (N-methyl/N-ethyl adjacent to an activating group) is 1. The highest BCUT2D eigenvalue weighted by Crippen LogP contribution is 2.40. The first-order valence-electron chi connectivity index (χ1n) is 11.6. The van der Waals surface area contributed by atoms with Crippen LogP contribution in [-0.4, -0.2) is 55.0 Å². The number of hydrogen-bond donors (Lipinski definition) is 0. The van der Waals surface area contributed by atoms with Crippen molar-refractivity contribution in [2.45, 2.75) is 37.8 Å². The second-order valence-corrected chi connectivity index (χ2v) is 9.00. The molecule has 1 saturated heterocycles. The first-order valence-corrected chi connectivity index (χ1v) is 11.6. The van der Waals surface area contributed by atoms with Crippen molar-refractivity contribution >= 4 is 23.5 Å². The summed E-state index contributed by atoms with van der Waals surface area (Å²) in [4.78, 5) is 41.1. The maximum Gasteiger partial charge on any atom is 0.411 e. The molecule has 0 saturated carbocycles. The third kappa shape index (κ3) is 4.92. The fourth-order valence-corrected chi connectivity index (χ4v) is 4.67. The Labute approximate surface area is 204 Å². The average molecular weight is 481 g/mol. The minimum Gasteiger partial charge on any atom is -0.469 e. The number of ether oxygens (including phenoxy) is 2. The van der Waals surface area contributed by atoms with E-state index in [0.717, 1.165) is 17.5 Å². The van der Waals surface area contributed by atoms with Crippen LogP contribution in [0.15, 0.2) is 54.6 Å². The van der Waals surface area contributed by atoms with Crippen LogP contribution in [0.3, 0.4) is 0 Å². The van der Waals surface area contributed by atoms with Crippen LogP contribution >= 0.6 is 0 Å². The van der Waals surface area contributed by atoms with E-state index in [1.54, 1.807) is 16.8 Å². The summed E-state index contributed by atoms with van der Waals surface area (Å²) in [5.74, 6) is -0.934. The molecule has 0 aromatic heterocycles. The van der Waals surface area contributed by atoms with E-state index in [1.165, 1.54) is 31.4 Å². The van der Waals surface area contributed by atoms with E-state index in [0.29, 0.717) is 30.6 Å². The number of nitrogens with zero attached hydrogens (tertiary/aromatic N) is 2. The van der Waals surface area contributed by atoms with Gasteiger partial charge in [-0.15, -0.1) is 0 Å². The van der Waals surface area contributed by atoms with E-state index in [-0.39, 0.29) is 18.4 Å². The van der Waals surface area contributed by atoms with E-state index in [9.17, 15) is 18.8 Å². The number of benzene rings is 2. The quantitative estimate of drug-likeness (QED) is 0.572. The lowest BCUT2D eigenvalue weighted by molar-refractivity contribution is -0.149. The van der Waals surface area contributed by atoms with Crippen LogP contribution in [0.2, 0.25) is 0 Å². The number of hydrogen-bond acceptors (Lipinski definition) is 5. The van der Waals surface area contributed by atoms with Crippen molar-refractivity contribution in [1.29, 1.82) is 0 Å². The van der Waals surface area contributed by atoms with Crippen LogP contribution in [0.25, 0.3) is 5.57 Å². The van der Waals surface area contributed by atoms with Gasteiger partial charge in [0.05, 0.1) is 19.6 Å². The lowest BCUT2D eigenvalue weighted by Gasteiger charge is -2.43. The van der Waals surface area contributed by atoms with Crippen molar-refractivity contribution in [2.75, 3.05) is 27.2 Å². The largest absolute Gasteiger partial charge is 0.469 e. The molecule has 0 radical (unpaired) electrons. The van der Waals surface area contributed by atoms with Gasteiger partial charge >= 0.3 is 12.1 Å². The molecule has 2 amide bonds. The first kappa shape index (κ1) is 24.4. The molecule has 0 bridgehead atoms. The number of halogens is 1. The molecule has 7 nitrogen and oxygen atoms in total. The van der Waals surface area contributed by atoms with Gasteiger partial charge in [-0.25, -0.2) is 9.18 Å². The molecule has 35 heavy (non-hydrogen) atoms. The second kappa shape index (κ2) is 9.90. The van der Waals surface area contributed by atoms with Crippen LogP contribution in [0.5, 0.6) is 0 Å². The van der Waals surface area contributed by atoms with Gasteiger partial charge in [0.15, 0.2) is 5.60 Å². The highest BCUT2D eigenvalue weighted by Gasteiger charge is 2.45. The third-order valence-electron chi connectivity index (χ3n) is 6.86. The van der Waals surface area contributed by atoms with Gasteiger partial charge in [0.1, 0.15) is 5.82 Å². The Bertz CT molecular complexity index is 1150. The lowest BCUT2D eigenvalue weighted by Crippen LogP contribution is -2.49. The summed E-state index contributed by atoms with van der Waals surface area (Å²) in [6, 6.07) is 12.9. The van der Waals surface area contributed by atoms with Gasteiger partial charge in [0.2, 0.25) is 0 Å². The Kier molecular flexibility index (Phi) is 6.91. The normalized spacial score (nSPS) is 21.3. The smallest absolute Gasteiger partial charge is 0.411 e. The number of cyclic esters (lactones) is 1. The Hall–Kier alpha value is -3.68. The molecule has 0 spiro atoms. The fraction of sp³-hybridized carbons (Fsp3) is 0.370. The molecule has 2 aliphatic heterocycles. The minimum atomic E-state index is -1.22. The summed E-state index contributed by atoms with van der Waals surface area (Å²) >= 11 is 0. The zero-order valence-electron chi connectivity index (χ0n) is 20.1. The predicted molar refractivity (Wildman–Crippen MR) is 128 cm³/mol. The number of carbonyl (C=O) groups excluding carboxylic acids is 3. The maximum atomic E-state index is 13.5. The van der Waals surface area contributed by atoms with Gasteiger partial charge in [-0.3, -0.25) is 9.59 Å². The summed E-state index contributed by atoms with van der Waals surface area (Å²) < 4.78 is 24.2. The molecule has 2 aromatic carbocycles. The third-order valence-corrected chi connectivity index (χ3v) is 6.86. The Morgan fingerprint density at radius 2 is 1.80 bits per heavy atom. The first-order chi connectivity index (χ1) is 16.7. The van der Waals surface area contributed by atoms with Crippen LogP contribution in [0, 0.1) is 5.82 Å². The molecule has 2 heterocycles. The molecular formula is C27H29FN2O5. The number of amides is 2. The van der Waals surface area contributed by atoms with Gasteiger partial charge in [-0.05, 0) is 42.2 Å². The van der Waals surface area contributed by atoms with Crippen LogP contribution < -0.4 is 0 Å². The van der Waals surface area contributed by atoms with Crippen molar-refractivity contribution in [1.82, 2.24) is 9.80 Å². The van der Waals surface area contributed by atoms with Crippen molar-refractivity contribution in [2.24, 2.45) is 0 Å². The molecule has 2 aromatic rings. The standard InChI is InChI=1S/C27H29FN2O5/c1-18(19-6-8-20(9-7-19)23-5-4-15-29(2)25(23)32)30-16-14-27(35-26(30)33,17-24(31)34-3)21-10-12-22(28)13-11-21/h5-13,18H,4,14-17H2,1-3H3/t18-,27-/m0/s1. The zero-order chi connectivity index (χ0) is 25.2. The minimum absolute atomic E-state index is 0.000559. The summed E-state index contributed by atoms with van der Waals surface area (Å²) in [7, 11) is 3.07. The van der Waals surface area contributed by atoms with Crippen molar-refractivity contribution in [3.05, 3.63) is 77.1 Å². The summed E-state index contributed by atoms with van der Waals surface area (Å²) in [5, 5.41) is 0. The van der Waals surface area contributed by atoms with Crippen molar-refractivity contribution in [3.63, 3.8) is 0 Å². The van der Waals surface area contributed by atoms with E-state index >= 15 is 0 Å². The molecule has 2 atom stereocenters. The maximum absolute atomic E-state index is 13.5. The topological polar surface area (TPSA) is 76.2 Å². The second-order valence-electron chi connectivity index (χ2n) is 9.00. The highest BCUT2D eigenvalue weighted by molar-refractivity contribution is 6.19. The number of carbonyl (C=O) groups is 3. The van der Waals surface area contributed by atoms with E-state index < -0.39 is 23.5 Å². The predicted octanol–water partition coefficient (Wildman–Crippen LogP) is 4.43. The van der Waals surface area contributed by atoms with Crippen LogP contribution in [0.4, 0.5) is 9.18 Å². The van der Waals surface area contributed by atoms with E-state index in [1.807, 2.05) is 37.3 Å². The lowest BCUT2D eigenvalue weighted by atomic mass is 9.85. The molecule has 184 valence electrons. The highest BCUT2D eigenvalue weighted by atomic mass is 19.1. The molecular weight excluding hydrogens is 451 g/mol. The van der Waals surface area contributed by atoms with Gasteiger partial charge in [0.25, 0.3) is 5.91 Å².